The van der Waals surface area contributed by atoms with Gasteiger partial charge in [-0.2, -0.15) is 0 Å². The van der Waals surface area contributed by atoms with E-state index in [0.29, 0.717) is 30.0 Å². The van der Waals surface area contributed by atoms with Gasteiger partial charge >= 0.3 is 5.97 Å². The number of aromatic carboxylic acids is 1. The van der Waals surface area contributed by atoms with Gasteiger partial charge in [0, 0.05) is 42.2 Å². The molecule has 0 saturated carbocycles. The summed E-state index contributed by atoms with van der Waals surface area (Å²) in [5.41, 5.74) is 3.64. The summed E-state index contributed by atoms with van der Waals surface area (Å²) in [4.78, 5) is 32.2. The molecule has 8 nitrogen and oxygen atoms in total. The van der Waals surface area contributed by atoms with Gasteiger partial charge in [-0.25, -0.2) is 13.9 Å². The summed E-state index contributed by atoms with van der Waals surface area (Å²) in [6.07, 6.45) is 10.9. The first-order valence-electron chi connectivity index (χ1n) is 10.4. The Labute approximate surface area is 190 Å². The predicted molar refractivity (Wildman–Crippen MR) is 120 cm³/mol. The lowest BCUT2D eigenvalue weighted by molar-refractivity contribution is -0.694. The smallest absolute Gasteiger partial charge is 0.335 e. The third kappa shape index (κ3) is 5.43. The molecule has 33 heavy (non-hydrogen) atoms. The number of pyridine rings is 4. The lowest BCUT2D eigenvalue weighted by Gasteiger charge is -2.06. The van der Waals surface area contributed by atoms with Crippen LogP contribution in [-0.4, -0.2) is 33.5 Å². The van der Waals surface area contributed by atoms with Gasteiger partial charge in [-0.1, -0.05) is 0 Å². The van der Waals surface area contributed by atoms with Gasteiger partial charge in [-0.3, -0.25) is 14.8 Å². The minimum absolute atomic E-state index is 0.112. The van der Waals surface area contributed by atoms with E-state index in [1.165, 1.54) is 24.5 Å². The molecule has 0 fully saturated rings. The van der Waals surface area contributed by atoms with Crippen LogP contribution < -0.4 is 14.5 Å². The number of nitrogens with one attached hydrogen (secondary N) is 1. The number of nitrogens with zero attached hydrogens (tertiary/aromatic N) is 4. The molecule has 0 aromatic carbocycles. The second-order valence-corrected chi connectivity index (χ2v) is 7.50. The highest BCUT2D eigenvalue weighted by molar-refractivity contribution is 5.95. The Kier molecular flexibility index (Phi) is 6.45. The van der Waals surface area contributed by atoms with Crippen molar-refractivity contribution < 1.29 is 23.8 Å². The van der Waals surface area contributed by atoms with E-state index in [1.54, 1.807) is 12.1 Å². The maximum atomic E-state index is 12.6. The highest BCUT2D eigenvalue weighted by atomic mass is 16.4. The molecule has 2 N–H and O–H groups in total. The van der Waals surface area contributed by atoms with Gasteiger partial charge in [0.2, 0.25) is 0 Å². The van der Waals surface area contributed by atoms with Crippen LogP contribution in [0.25, 0.3) is 22.5 Å². The highest BCUT2D eigenvalue weighted by Gasteiger charge is 2.12. The van der Waals surface area contributed by atoms with E-state index < -0.39 is 5.97 Å². The zero-order chi connectivity index (χ0) is 23.2. The van der Waals surface area contributed by atoms with Gasteiger partial charge in [0.1, 0.15) is 7.05 Å². The summed E-state index contributed by atoms with van der Waals surface area (Å²) >= 11 is 0. The predicted octanol–water partition coefficient (Wildman–Crippen LogP) is 2.05. The van der Waals surface area contributed by atoms with Gasteiger partial charge in [-0.05, 0) is 35.4 Å². The summed E-state index contributed by atoms with van der Waals surface area (Å²) in [5.74, 6) is -1.28. The lowest BCUT2D eigenvalue weighted by Crippen LogP contribution is -2.40. The molecule has 0 radical (unpaired) electrons. The van der Waals surface area contributed by atoms with E-state index in [4.69, 9.17) is 5.11 Å². The minimum Gasteiger partial charge on any atom is -0.478 e. The summed E-state index contributed by atoms with van der Waals surface area (Å²) in [6, 6.07) is 14.3. The standard InChI is InChI=1S/C25H21N5O3/c1-29-11-4-18(5-12-29)19-6-13-30(14-7-19)15-10-28-24(31)20-2-8-26-22(16-20)23-17-21(25(32)33)3-9-27-23/h2-9,11-14,16-17H,10,15H2,1H3/p+2. The van der Waals surface area contributed by atoms with Gasteiger partial charge in [-0.15, -0.1) is 0 Å². The van der Waals surface area contributed by atoms with E-state index in [0.717, 1.165) is 11.1 Å². The van der Waals surface area contributed by atoms with Crippen molar-refractivity contribution in [1.29, 1.82) is 0 Å². The molecule has 164 valence electrons. The monoisotopic (exact) mass is 441 g/mol. The zero-order valence-corrected chi connectivity index (χ0v) is 18.0. The Morgan fingerprint density at radius 2 is 1.39 bits per heavy atom. The van der Waals surface area contributed by atoms with Crippen molar-refractivity contribution in [2.75, 3.05) is 6.54 Å². The molecular weight excluding hydrogens is 418 g/mol. The van der Waals surface area contributed by atoms with Crippen LogP contribution in [0.5, 0.6) is 0 Å². The number of carboxylic acids is 1. The highest BCUT2D eigenvalue weighted by Crippen LogP contribution is 2.17. The van der Waals surface area contributed by atoms with Crippen molar-refractivity contribution in [3.63, 3.8) is 0 Å². The van der Waals surface area contributed by atoms with Crippen molar-refractivity contribution in [2.24, 2.45) is 7.05 Å². The molecule has 0 unspecified atom stereocenters. The summed E-state index contributed by atoms with van der Waals surface area (Å²) in [5, 5.41) is 12.1. The number of hydrogen-bond donors (Lipinski definition) is 2. The summed E-state index contributed by atoms with van der Waals surface area (Å²) < 4.78 is 4.00. The SMILES string of the molecule is C[n+]1ccc(-c2cc[n+](CCNC(=O)c3ccnc(-c4cc(C(=O)O)ccn4)c3)cc2)cc1. The maximum Gasteiger partial charge on any atom is 0.335 e. The van der Waals surface area contributed by atoms with E-state index in [2.05, 4.69) is 27.4 Å². The summed E-state index contributed by atoms with van der Waals surface area (Å²) in [6.45, 7) is 1.07. The van der Waals surface area contributed by atoms with Crippen LogP contribution in [0.15, 0.2) is 85.7 Å². The van der Waals surface area contributed by atoms with Crippen molar-refractivity contribution in [3.05, 3.63) is 96.8 Å². The van der Waals surface area contributed by atoms with E-state index >= 15 is 0 Å². The maximum absolute atomic E-state index is 12.6. The first-order chi connectivity index (χ1) is 16.0. The number of carboxylic acid groups (broad SMARTS) is 1. The Bertz CT molecular complexity index is 1290. The molecule has 4 rings (SSSR count). The molecule has 4 heterocycles. The van der Waals surface area contributed by atoms with Crippen LogP contribution in [0.3, 0.4) is 0 Å². The molecule has 0 saturated heterocycles. The summed E-state index contributed by atoms with van der Waals surface area (Å²) in [7, 11) is 1.98. The van der Waals surface area contributed by atoms with Crippen molar-refractivity contribution >= 4 is 11.9 Å². The van der Waals surface area contributed by atoms with Crippen molar-refractivity contribution in [2.45, 2.75) is 6.54 Å². The second kappa shape index (κ2) is 9.78. The Hall–Kier alpha value is -4.46. The van der Waals surface area contributed by atoms with Crippen LogP contribution >= 0.6 is 0 Å². The normalized spacial score (nSPS) is 10.6. The average molecular weight is 441 g/mol. The van der Waals surface area contributed by atoms with Crippen LogP contribution in [0.1, 0.15) is 20.7 Å². The first kappa shape index (κ1) is 21.8. The molecule has 4 aromatic rings. The third-order valence-electron chi connectivity index (χ3n) is 5.15. The Morgan fingerprint density at radius 3 is 2.00 bits per heavy atom. The Morgan fingerprint density at radius 1 is 0.848 bits per heavy atom. The van der Waals surface area contributed by atoms with Gasteiger partial charge in [0.15, 0.2) is 31.3 Å². The molecule has 0 spiro atoms. The molecule has 1 amide bonds. The quantitative estimate of drug-likeness (QED) is 0.428. The zero-order valence-electron chi connectivity index (χ0n) is 18.0. The first-order valence-corrected chi connectivity index (χ1v) is 10.4. The molecule has 0 bridgehead atoms. The molecule has 4 aromatic heterocycles. The lowest BCUT2D eigenvalue weighted by atomic mass is 10.1. The van der Waals surface area contributed by atoms with Crippen LogP contribution in [0, 0.1) is 0 Å². The van der Waals surface area contributed by atoms with Crippen LogP contribution in [0.4, 0.5) is 0 Å². The van der Waals surface area contributed by atoms with Crippen molar-refractivity contribution in [3.8, 4) is 22.5 Å². The van der Waals surface area contributed by atoms with Crippen LogP contribution in [-0.2, 0) is 13.6 Å². The average Bonchev–Trinajstić information content (AvgIpc) is 2.85. The fraction of sp³-hybridized carbons (Fsp3) is 0.120. The number of aromatic nitrogens is 4. The van der Waals surface area contributed by atoms with Gasteiger partial charge < -0.3 is 10.4 Å². The molecule has 0 atom stereocenters. The minimum atomic E-state index is -1.05. The number of aryl methyl sites for hydroxylation is 1. The number of amides is 1. The molecule has 0 aliphatic rings. The van der Waals surface area contributed by atoms with Gasteiger partial charge in [0.05, 0.1) is 23.5 Å². The fourth-order valence-electron chi connectivity index (χ4n) is 3.31. The van der Waals surface area contributed by atoms with Crippen LogP contribution in [0.2, 0.25) is 0 Å². The number of hydrogen-bond acceptors (Lipinski definition) is 4. The van der Waals surface area contributed by atoms with E-state index in [-0.39, 0.29) is 11.5 Å². The number of carbonyl (C=O) groups excluding carboxylic acids is 1. The molecular formula is C25H23N5O3+2. The largest absolute Gasteiger partial charge is 0.478 e. The third-order valence-corrected chi connectivity index (χ3v) is 5.15. The van der Waals surface area contributed by atoms with Crippen molar-refractivity contribution in [1.82, 2.24) is 15.3 Å². The van der Waals surface area contributed by atoms with E-state index in [9.17, 15) is 9.59 Å². The molecule has 0 aliphatic carbocycles. The fourth-order valence-corrected chi connectivity index (χ4v) is 3.31. The second-order valence-electron chi connectivity index (χ2n) is 7.50. The van der Waals surface area contributed by atoms with E-state index in [1.807, 2.05) is 53.1 Å². The van der Waals surface area contributed by atoms with Gasteiger partial charge in [0.25, 0.3) is 5.91 Å². The topological polar surface area (TPSA) is 99.9 Å². The molecule has 8 heteroatoms. The number of carbonyl (C=O) groups is 2. The Balaban J connectivity index is 1.36. The molecule has 0 aliphatic heterocycles. The number of rotatable bonds is 7.